The smallest absolute Gasteiger partial charge is 0.323 e. The minimum absolute atomic E-state index is 0.161. The van der Waals surface area contributed by atoms with Gasteiger partial charge in [0.25, 0.3) is 5.91 Å². The summed E-state index contributed by atoms with van der Waals surface area (Å²) in [6.07, 6.45) is 2.31. The average molecular weight is 440 g/mol. The van der Waals surface area contributed by atoms with Crippen molar-refractivity contribution in [2.24, 2.45) is 0 Å². The molecule has 3 aliphatic heterocycles. The number of carboxylic acids is 1. The number of fused-ring (bicyclic) bond motifs is 5. The number of carbonyl (C=O) groups excluding carboxylic acids is 1. The number of hydrogen-bond donors (Lipinski definition) is 4. The van der Waals surface area contributed by atoms with Crippen LogP contribution in [-0.4, -0.2) is 56.5 Å². The van der Waals surface area contributed by atoms with Crippen molar-refractivity contribution >= 4 is 29.2 Å². The average Bonchev–Trinajstić information content (AvgIpc) is 3.22. The summed E-state index contributed by atoms with van der Waals surface area (Å²) >= 11 is 0. The molecular formula is C21H24N6O5. The number of aliphatic hydroxyl groups excluding tert-OH is 1. The number of amides is 1. The third-order valence-electron chi connectivity index (χ3n) is 6.01. The predicted octanol–water partition coefficient (Wildman–Crippen LogP) is 0.912. The number of nitrogen functional groups attached to an aromatic ring is 1. The maximum Gasteiger partial charge on any atom is 0.323 e. The lowest BCUT2D eigenvalue weighted by Gasteiger charge is -2.23. The highest BCUT2D eigenvalue weighted by molar-refractivity contribution is 6.00. The van der Waals surface area contributed by atoms with E-state index in [0.29, 0.717) is 30.2 Å². The van der Waals surface area contributed by atoms with E-state index >= 15 is 0 Å². The molecule has 1 atom stereocenters. The van der Waals surface area contributed by atoms with Crippen molar-refractivity contribution < 1.29 is 24.5 Å². The van der Waals surface area contributed by atoms with E-state index in [4.69, 9.17) is 15.6 Å². The molecule has 32 heavy (non-hydrogen) atoms. The van der Waals surface area contributed by atoms with Crippen molar-refractivity contribution in [3.8, 4) is 6.01 Å². The first-order valence-corrected chi connectivity index (χ1v) is 10.6. The maximum absolute atomic E-state index is 12.9. The van der Waals surface area contributed by atoms with E-state index in [9.17, 15) is 14.7 Å². The topological polar surface area (TPSA) is 154 Å². The zero-order valence-corrected chi connectivity index (χ0v) is 17.4. The van der Waals surface area contributed by atoms with Crippen LogP contribution in [-0.2, 0) is 24.3 Å². The van der Waals surface area contributed by atoms with Crippen LogP contribution in [0, 0.1) is 0 Å². The number of aliphatic hydroxyl groups is 1. The summed E-state index contributed by atoms with van der Waals surface area (Å²) < 4.78 is 5.68. The van der Waals surface area contributed by atoms with Crippen LogP contribution in [0.1, 0.15) is 46.3 Å². The van der Waals surface area contributed by atoms with Crippen LogP contribution in [0.5, 0.6) is 6.01 Å². The van der Waals surface area contributed by atoms with Gasteiger partial charge in [0.15, 0.2) is 11.6 Å². The molecule has 0 saturated carbocycles. The predicted molar refractivity (Wildman–Crippen MR) is 114 cm³/mol. The van der Waals surface area contributed by atoms with Crippen molar-refractivity contribution in [2.75, 3.05) is 29.1 Å². The SMILES string of the molecule is Nc1nc2nc3c1NC(O)N3Cc1cc(c3c(c1)C(=O)N(CC(=O)O)C3)CCCCCO2. The molecule has 11 nitrogen and oxygen atoms in total. The quantitative estimate of drug-likeness (QED) is 0.530. The fourth-order valence-electron chi connectivity index (χ4n) is 4.51. The molecule has 4 heterocycles. The number of carbonyl (C=O) groups is 2. The molecule has 0 fully saturated rings. The molecule has 0 aliphatic carbocycles. The van der Waals surface area contributed by atoms with E-state index < -0.39 is 12.3 Å². The van der Waals surface area contributed by atoms with E-state index in [2.05, 4.69) is 15.3 Å². The van der Waals surface area contributed by atoms with Crippen LogP contribution in [0.2, 0.25) is 0 Å². The fourth-order valence-corrected chi connectivity index (χ4v) is 4.51. The Morgan fingerprint density at radius 2 is 2.09 bits per heavy atom. The van der Waals surface area contributed by atoms with Gasteiger partial charge in [-0.2, -0.15) is 9.97 Å². The van der Waals surface area contributed by atoms with Gasteiger partial charge in [-0.25, -0.2) is 0 Å². The monoisotopic (exact) mass is 440 g/mol. The molecule has 1 aromatic heterocycles. The summed E-state index contributed by atoms with van der Waals surface area (Å²) in [5.74, 6) is -0.706. The molecule has 168 valence electrons. The number of ether oxygens (including phenoxy) is 1. The van der Waals surface area contributed by atoms with Gasteiger partial charge in [-0.15, -0.1) is 0 Å². The Morgan fingerprint density at radius 3 is 2.91 bits per heavy atom. The lowest BCUT2D eigenvalue weighted by molar-refractivity contribution is -0.137. The Balaban J connectivity index is 1.55. The third kappa shape index (κ3) is 3.54. The minimum atomic E-state index is -1.07. The van der Waals surface area contributed by atoms with Crippen molar-refractivity contribution in [1.29, 1.82) is 0 Å². The van der Waals surface area contributed by atoms with Gasteiger partial charge in [-0.1, -0.05) is 6.07 Å². The Labute approximate surface area is 183 Å². The first-order valence-electron chi connectivity index (χ1n) is 10.6. The summed E-state index contributed by atoms with van der Waals surface area (Å²) in [5, 5.41) is 22.6. The summed E-state index contributed by atoms with van der Waals surface area (Å²) in [6.45, 7) is 0.671. The van der Waals surface area contributed by atoms with E-state index in [1.165, 1.54) is 4.90 Å². The normalized spacial score (nSPS) is 19.8. The number of nitrogens with zero attached hydrogens (tertiary/aromatic N) is 4. The number of aliphatic carboxylic acids is 1. The van der Waals surface area contributed by atoms with Gasteiger partial charge in [0.2, 0.25) is 6.35 Å². The molecular weight excluding hydrogens is 416 g/mol. The highest BCUT2D eigenvalue weighted by Gasteiger charge is 2.34. The number of anilines is 3. The summed E-state index contributed by atoms with van der Waals surface area (Å²) in [7, 11) is 0. The van der Waals surface area contributed by atoms with Crippen LogP contribution in [0.4, 0.5) is 17.3 Å². The first-order chi connectivity index (χ1) is 15.4. The van der Waals surface area contributed by atoms with Gasteiger partial charge in [-0.3, -0.25) is 9.59 Å². The summed E-state index contributed by atoms with van der Waals surface area (Å²) in [4.78, 5) is 35.7. The van der Waals surface area contributed by atoms with Crippen LogP contribution >= 0.6 is 0 Å². The fraction of sp³-hybridized carbons (Fsp3) is 0.429. The van der Waals surface area contributed by atoms with Crippen molar-refractivity contribution in [3.05, 3.63) is 34.4 Å². The largest absolute Gasteiger partial charge is 0.480 e. The molecule has 5 N–H and O–H groups in total. The maximum atomic E-state index is 12.9. The molecule has 2 aromatic rings. The molecule has 4 bridgehead atoms. The number of aryl methyl sites for hydroxylation is 1. The Kier molecular flexibility index (Phi) is 4.97. The van der Waals surface area contributed by atoms with Crippen LogP contribution in [0.25, 0.3) is 0 Å². The van der Waals surface area contributed by atoms with E-state index in [-0.39, 0.29) is 30.8 Å². The lowest BCUT2D eigenvalue weighted by atomic mass is 9.95. The van der Waals surface area contributed by atoms with Crippen molar-refractivity contribution in [3.63, 3.8) is 0 Å². The van der Waals surface area contributed by atoms with Gasteiger partial charge in [0, 0.05) is 18.7 Å². The molecule has 1 unspecified atom stereocenters. The standard InChI is InChI=1S/C21H24N6O5/c22-17-16-18-25-20(24-17)32-5-3-1-2-4-12-6-11(8-27(18)21(31)23-16)7-13-14(12)9-26(19(13)30)10-15(28)29/h6-7,21,23,31H,1-5,8-10H2,(H,28,29)(H2,22,24,25). The van der Waals surface area contributed by atoms with E-state index in [1.54, 1.807) is 11.0 Å². The molecule has 0 spiro atoms. The minimum Gasteiger partial charge on any atom is -0.480 e. The zero-order valence-electron chi connectivity index (χ0n) is 17.4. The first kappa shape index (κ1) is 20.3. The van der Waals surface area contributed by atoms with Gasteiger partial charge in [0.05, 0.1) is 6.61 Å². The number of carboxylic acid groups (broad SMARTS) is 1. The number of nitrogens with one attached hydrogen (secondary N) is 1. The van der Waals surface area contributed by atoms with Crippen LogP contribution in [0.15, 0.2) is 12.1 Å². The van der Waals surface area contributed by atoms with Gasteiger partial charge in [-0.05, 0) is 48.4 Å². The Hall–Kier alpha value is -3.60. The zero-order chi connectivity index (χ0) is 22.4. The Morgan fingerprint density at radius 1 is 1.25 bits per heavy atom. The number of aromatic nitrogens is 2. The molecule has 3 aliphatic rings. The lowest BCUT2D eigenvalue weighted by Crippen LogP contribution is -2.35. The van der Waals surface area contributed by atoms with Crippen LogP contribution < -0.4 is 20.7 Å². The van der Waals surface area contributed by atoms with Gasteiger partial charge in [0.1, 0.15) is 12.2 Å². The molecule has 1 aromatic carbocycles. The number of nitrogens with two attached hydrogens (primary N) is 1. The van der Waals surface area contributed by atoms with Crippen LogP contribution in [0.3, 0.4) is 0 Å². The number of benzene rings is 1. The number of rotatable bonds is 2. The van der Waals surface area contributed by atoms with Gasteiger partial charge >= 0.3 is 12.0 Å². The number of hydrogen-bond acceptors (Lipinski definition) is 9. The Bertz CT molecular complexity index is 1110. The highest BCUT2D eigenvalue weighted by Crippen LogP contribution is 2.39. The molecule has 5 rings (SSSR count). The van der Waals surface area contributed by atoms with E-state index in [0.717, 1.165) is 42.4 Å². The van der Waals surface area contributed by atoms with Gasteiger partial charge < -0.3 is 35.8 Å². The third-order valence-corrected chi connectivity index (χ3v) is 6.01. The highest BCUT2D eigenvalue weighted by atomic mass is 16.5. The molecule has 0 radical (unpaired) electrons. The summed E-state index contributed by atoms with van der Waals surface area (Å²) in [6, 6.07) is 3.98. The summed E-state index contributed by atoms with van der Waals surface area (Å²) in [5.41, 5.74) is 9.74. The molecule has 0 saturated heterocycles. The van der Waals surface area contributed by atoms with Crippen molar-refractivity contribution in [1.82, 2.24) is 14.9 Å². The second-order valence-electron chi connectivity index (χ2n) is 8.23. The van der Waals surface area contributed by atoms with E-state index in [1.807, 2.05) is 6.07 Å². The second kappa shape index (κ2) is 7.83. The molecule has 11 heteroatoms. The van der Waals surface area contributed by atoms with Crippen molar-refractivity contribution in [2.45, 2.75) is 45.1 Å². The molecule has 1 amide bonds. The second-order valence-corrected chi connectivity index (χ2v) is 8.23.